The highest BCUT2D eigenvalue weighted by Crippen LogP contribution is 2.28. The smallest absolute Gasteiger partial charge is 0.344 e. The molecular weight excluding hydrogens is 232 g/mol. The van der Waals surface area contributed by atoms with Gasteiger partial charge in [-0.05, 0) is 31.0 Å². The molecule has 1 rings (SSSR count). The summed E-state index contributed by atoms with van der Waals surface area (Å²) in [7, 11) is 1.59. The van der Waals surface area contributed by atoms with Crippen LogP contribution in [-0.4, -0.2) is 26.3 Å². The van der Waals surface area contributed by atoms with Gasteiger partial charge in [0, 0.05) is 0 Å². The third-order valence-corrected chi connectivity index (χ3v) is 2.42. The standard InChI is InChI=1S/C14H20O4/c1-4-6-11-7-8-12(13(9-11)16-3)18-10-14(15)17-5-2/h7-9H,4-6,10H2,1-3H3. The number of esters is 1. The molecule has 0 aliphatic heterocycles. The lowest BCUT2D eigenvalue weighted by Gasteiger charge is -2.11. The highest BCUT2D eigenvalue weighted by Gasteiger charge is 2.08. The fourth-order valence-corrected chi connectivity index (χ4v) is 1.61. The molecule has 0 fully saturated rings. The van der Waals surface area contributed by atoms with Crippen LogP contribution in [0, 0.1) is 0 Å². The molecule has 0 radical (unpaired) electrons. The van der Waals surface area contributed by atoms with E-state index in [1.807, 2.05) is 18.2 Å². The SMILES string of the molecule is CCCc1ccc(OCC(=O)OCC)c(OC)c1. The number of carbonyl (C=O) groups excluding carboxylic acids is 1. The average Bonchev–Trinajstić information content (AvgIpc) is 2.37. The summed E-state index contributed by atoms with van der Waals surface area (Å²) in [5, 5.41) is 0. The first-order valence-electron chi connectivity index (χ1n) is 6.16. The Kier molecular flexibility index (Phi) is 6.05. The van der Waals surface area contributed by atoms with E-state index in [2.05, 4.69) is 6.92 Å². The topological polar surface area (TPSA) is 44.8 Å². The van der Waals surface area contributed by atoms with Gasteiger partial charge in [0.15, 0.2) is 18.1 Å². The molecule has 0 aromatic heterocycles. The molecule has 0 saturated heterocycles. The summed E-state index contributed by atoms with van der Waals surface area (Å²) in [5.74, 6) is 0.827. The summed E-state index contributed by atoms with van der Waals surface area (Å²) >= 11 is 0. The number of rotatable bonds is 7. The van der Waals surface area contributed by atoms with Gasteiger partial charge in [-0.3, -0.25) is 0 Å². The maximum Gasteiger partial charge on any atom is 0.344 e. The average molecular weight is 252 g/mol. The molecule has 4 heteroatoms. The zero-order chi connectivity index (χ0) is 13.4. The first kappa shape index (κ1) is 14.4. The third-order valence-electron chi connectivity index (χ3n) is 2.42. The van der Waals surface area contributed by atoms with Crippen molar-refractivity contribution >= 4 is 5.97 Å². The molecule has 0 N–H and O–H groups in total. The lowest BCUT2D eigenvalue weighted by molar-refractivity contribution is -0.145. The van der Waals surface area contributed by atoms with Crippen LogP contribution in [0.4, 0.5) is 0 Å². The van der Waals surface area contributed by atoms with Gasteiger partial charge in [0.05, 0.1) is 13.7 Å². The van der Waals surface area contributed by atoms with E-state index < -0.39 is 0 Å². The number of ether oxygens (including phenoxy) is 3. The zero-order valence-electron chi connectivity index (χ0n) is 11.2. The Morgan fingerprint density at radius 3 is 2.61 bits per heavy atom. The van der Waals surface area contributed by atoms with Crippen LogP contribution in [-0.2, 0) is 16.0 Å². The van der Waals surface area contributed by atoms with Crippen LogP contribution in [0.5, 0.6) is 11.5 Å². The maximum absolute atomic E-state index is 11.2. The van der Waals surface area contributed by atoms with E-state index in [1.165, 1.54) is 5.56 Å². The van der Waals surface area contributed by atoms with Crippen LogP contribution in [0.3, 0.4) is 0 Å². The minimum absolute atomic E-state index is 0.0999. The summed E-state index contributed by atoms with van der Waals surface area (Å²) < 4.78 is 15.4. The minimum atomic E-state index is -0.378. The maximum atomic E-state index is 11.2. The van der Waals surface area contributed by atoms with Crippen molar-refractivity contribution < 1.29 is 19.0 Å². The van der Waals surface area contributed by atoms with Gasteiger partial charge >= 0.3 is 5.97 Å². The molecule has 0 spiro atoms. The highest BCUT2D eigenvalue weighted by atomic mass is 16.6. The number of methoxy groups -OCH3 is 1. The van der Waals surface area contributed by atoms with E-state index in [-0.39, 0.29) is 12.6 Å². The normalized spacial score (nSPS) is 9.94. The van der Waals surface area contributed by atoms with Gasteiger partial charge in [0.1, 0.15) is 0 Å². The van der Waals surface area contributed by atoms with E-state index in [4.69, 9.17) is 14.2 Å². The Labute approximate surface area is 108 Å². The van der Waals surface area contributed by atoms with E-state index in [0.717, 1.165) is 12.8 Å². The van der Waals surface area contributed by atoms with Crippen LogP contribution < -0.4 is 9.47 Å². The van der Waals surface area contributed by atoms with Gasteiger partial charge in [-0.15, -0.1) is 0 Å². The fourth-order valence-electron chi connectivity index (χ4n) is 1.61. The van der Waals surface area contributed by atoms with Crippen LogP contribution in [0.2, 0.25) is 0 Å². The van der Waals surface area contributed by atoms with E-state index >= 15 is 0 Å². The molecule has 0 aliphatic rings. The third kappa shape index (κ3) is 4.28. The van der Waals surface area contributed by atoms with Crippen molar-refractivity contribution in [3.63, 3.8) is 0 Å². The Morgan fingerprint density at radius 2 is 2.00 bits per heavy atom. The highest BCUT2D eigenvalue weighted by molar-refractivity contribution is 5.71. The van der Waals surface area contributed by atoms with Crippen molar-refractivity contribution in [3.05, 3.63) is 23.8 Å². The van der Waals surface area contributed by atoms with E-state index in [1.54, 1.807) is 14.0 Å². The molecule has 100 valence electrons. The summed E-state index contributed by atoms with van der Waals surface area (Å²) in [5.41, 5.74) is 1.19. The lowest BCUT2D eigenvalue weighted by atomic mass is 10.1. The number of hydrogen-bond acceptors (Lipinski definition) is 4. The zero-order valence-corrected chi connectivity index (χ0v) is 11.2. The van der Waals surface area contributed by atoms with Gasteiger partial charge in [-0.25, -0.2) is 4.79 Å². The molecule has 0 atom stereocenters. The van der Waals surface area contributed by atoms with Gasteiger partial charge in [0.2, 0.25) is 0 Å². The Hall–Kier alpha value is -1.71. The molecule has 0 aliphatic carbocycles. The molecule has 0 bridgehead atoms. The summed E-state index contributed by atoms with van der Waals surface area (Å²) in [6.07, 6.45) is 2.07. The van der Waals surface area contributed by atoms with Crippen molar-refractivity contribution in [3.8, 4) is 11.5 Å². The molecule has 0 heterocycles. The Balaban J connectivity index is 2.67. The van der Waals surface area contributed by atoms with Gasteiger partial charge in [-0.1, -0.05) is 19.4 Å². The molecular formula is C14H20O4. The van der Waals surface area contributed by atoms with Crippen molar-refractivity contribution in [2.24, 2.45) is 0 Å². The van der Waals surface area contributed by atoms with Crippen molar-refractivity contribution in [2.75, 3.05) is 20.3 Å². The minimum Gasteiger partial charge on any atom is -0.493 e. The predicted octanol–water partition coefficient (Wildman–Crippen LogP) is 2.59. The fraction of sp³-hybridized carbons (Fsp3) is 0.500. The van der Waals surface area contributed by atoms with Crippen molar-refractivity contribution in [2.45, 2.75) is 26.7 Å². The first-order valence-corrected chi connectivity index (χ1v) is 6.16. The van der Waals surface area contributed by atoms with Crippen LogP contribution in [0.15, 0.2) is 18.2 Å². The Morgan fingerprint density at radius 1 is 1.22 bits per heavy atom. The number of aryl methyl sites for hydroxylation is 1. The number of benzene rings is 1. The summed E-state index contributed by atoms with van der Waals surface area (Å²) in [6.45, 7) is 4.14. The van der Waals surface area contributed by atoms with Crippen LogP contribution >= 0.6 is 0 Å². The Bertz CT molecular complexity index is 387. The summed E-state index contributed by atoms with van der Waals surface area (Å²) in [4.78, 5) is 11.2. The van der Waals surface area contributed by atoms with Crippen LogP contribution in [0.25, 0.3) is 0 Å². The predicted molar refractivity (Wildman–Crippen MR) is 69.1 cm³/mol. The summed E-state index contributed by atoms with van der Waals surface area (Å²) in [6, 6.07) is 5.74. The van der Waals surface area contributed by atoms with E-state index in [0.29, 0.717) is 18.1 Å². The van der Waals surface area contributed by atoms with Gasteiger partial charge in [-0.2, -0.15) is 0 Å². The molecule has 1 aromatic carbocycles. The largest absolute Gasteiger partial charge is 0.493 e. The molecule has 18 heavy (non-hydrogen) atoms. The van der Waals surface area contributed by atoms with E-state index in [9.17, 15) is 4.79 Å². The van der Waals surface area contributed by atoms with Gasteiger partial charge < -0.3 is 14.2 Å². The van der Waals surface area contributed by atoms with Crippen LogP contribution in [0.1, 0.15) is 25.8 Å². The first-order chi connectivity index (χ1) is 8.71. The van der Waals surface area contributed by atoms with Crippen molar-refractivity contribution in [1.29, 1.82) is 0 Å². The molecule has 0 unspecified atom stereocenters. The lowest BCUT2D eigenvalue weighted by Crippen LogP contribution is -2.14. The monoisotopic (exact) mass is 252 g/mol. The molecule has 1 aromatic rings. The quantitative estimate of drug-likeness (QED) is 0.700. The molecule has 4 nitrogen and oxygen atoms in total. The number of hydrogen-bond donors (Lipinski definition) is 0. The second kappa shape index (κ2) is 7.58. The second-order valence-corrected chi connectivity index (χ2v) is 3.83. The molecule has 0 saturated carbocycles. The van der Waals surface area contributed by atoms with Crippen molar-refractivity contribution in [1.82, 2.24) is 0 Å². The molecule has 0 amide bonds. The second-order valence-electron chi connectivity index (χ2n) is 3.83. The number of carbonyl (C=O) groups is 1. The van der Waals surface area contributed by atoms with Gasteiger partial charge in [0.25, 0.3) is 0 Å².